The van der Waals surface area contributed by atoms with E-state index in [0.29, 0.717) is 11.4 Å². The highest BCUT2D eigenvalue weighted by atomic mass is 35.5. The van der Waals surface area contributed by atoms with Crippen molar-refractivity contribution >= 4 is 22.9 Å². The maximum Gasteiger partial charge on any atom is 0.0856 e. The van der Waals surface area contributed by atoms with Gasteiger partial charge in [0.15, 0.2) is 0 Å². The van der Waals surface area contributed by atoms with Crippen molar-refractivity contribution in [3.8, 4) is 0 Å². The lowest BCUT2D eigenvalue weighted by atomic mass is 10.0. The van der Waals surface area contributed by atoms with E-state index in [4.69, 9.17) is 11.6 Å². The Labute approximate surface area is 110 Å². The standard InChI is InChI=1S/C12H15ClN2OS/c1-7-5-17-6-9(7)11(16)4-10-12(13)8(2)14-15(10)3/h5-6,11,16H,4H2,1-3H3. The summed E-state index contributed by atoms with van der Waals surface area (Å²) >= 11 is 7.77. The fraction of sp³-hybridized carbons (Fsp3) is 0.417. The van der Waals surface area contributed by atoms with Crippen LogP contribution in [0.15, 0.2) is 10.8 Å². The van der Waals surface area contributed by atoms with Crippen LogP contribution < -0.4 is 0 Å². The number of hydrogen-bond acceptors (Lipinski definition) is 3. The summed E-state index contributed by atoms with van der Waals surface area (Å²) < 4.78 is 1.74. The normalized spacial score (nSPS) is 13.0. The summed E-state index contributed by atoms with van der Waals surface area (Å²) in [6, 6.07) is 0. The summed E-state index contributed by atoms with van der Waals surface area (Å²) in [4.78, 5) is 0. The molecule has 1 unspecified atom stereocenters. The number of aliphatic hydroxyl groups is 1. The quantitative estimate of drug-likeness (QED) is 0.931. The van der Waals surface area contributed by atoms with Crippen LogP contribution in [-0.2, 0) is 13.5 Å². The summed E-state index contributed by atoms with van der Waals surface area (Å²) in [6.07, 6.45) is -0.0261. The van der Waals surface area contributed by atoms with E-state index in [-0.39, 0.29) is 0 Å². The van der Waals surface area contributed by atoms with Gasteiger partial charge in [0.2, 0.25) is 0 Å². The number of aryl methyl sites for hydroxylation is 3. The van der Waals surface area contributed by atoms with E-state index in [1.165, 1.54) is 0 Å². The average molecular weight is 271 g/mol. The molecule has 1 atom stereocenters. The minimum absolute atomic E-state index is 0.494. The highest BCUT2D eigenvalue weighted by molar-refractivity contribution is 7.08. The molecular formula is C12H15ClN2OS. The van der Waals surface area contributed by atoms with Gasteiger partial charge in [-0.3, -0.25) is 4.68 Å². The first-order valence-corrected chi connectivity index (χ1v) is 6.71. The molecule has 0 radical (unpaired) electrons. The predicted octanol–water partition coefficient (Wildman–Crippen LogP) is 3.03. The maximum absolute atomic E-state index is 10.2. The zero-order chi connectivity index (χ0) is 12.6. The lowest BCUT2D eigenvalue weighted by Gasteiger charge is -2.11. The molecule has 0 amide bonds. The largest absolute Gasteiger partial charge is 0.388 e. The van der Waals surface area contributed by atoms with E-state index >= 15 is 0 Å². The molecule has 0 fully saturated rings. The molecule has 2 aromatic heterocycles. The Balaban J connectivity index is 2.24. The Hall–Kier alpha value is -0.840. The number of halogens is 1. The molecule has 0 spiro atoms. The molecule has 0 aromatic carbocycles. The molecule has 17 heavy (non-hydrogen) atoms. The number of nitrogens with zero attached hydrogens (tertiary/aromatic N) is 2. The third-order valence-corrected chi connectivity index (χ3v) is 4.27. The van der Waals surface area contributed by atoms with Gasteiger partial charge in [-0.1, -0.05) is 11.6 Å². The van der Waals surface area contributed by atoms with Crippen molar-refractivity contribution < 1.29 is 5.11 Å². The van der Waals surface area contributed by atoms with Crippen LogP contribution in [0, 0.1) is 13.8 Å². The van der Waals surface area contributed by atoms with E-state index < -0.39 is 6.10 Å². The fourth-order valence-electron chi connectivity index (χ4n) is 1.91. The summed E-state index contributed by atoms with van der Waals surface area (Å²) in [5.41, 5.74) is 3.78. The number of rotatable bonds is 3. The van der Waals surface area contributed by atoms with Crippen molar-refractivity contribution in [3.05, 3.63) is 38.3 Å². The highest BCUT2D eigenvalue weighted by Crippen LogP contribution is 2.28. The molecule has 92 valence electrons. The SMILES string of the molecule is Cc1cscc1C(O)Cc1c(Cl)c(C)nn1C. The number of aliphatic hydroxyl groups excluding tert-OH is 1. The number of thiophene rings is 1. The lowest BCUT2D eigenvalue weighted by Crippen LogP contribution is -2.07. The molecular weight excluding hydrogens is 256 g/mol. The van der Waals surface area contributed by atoms with Crippen molar-refractivity contribution in [2.75, 3.05) is 0 Å². The van der Waals surface area contributed by atoms with Gasteiger partial charge in [0.1, 0.15) is 0 Å². The van der Waals surface area contributed by atoms with Gasteiger partial charge >= 0.3 is 0 Å². The van der Waals surface area contributed by atoms with Crippen LogP contribution in [0.25, 0.3) is 0 Å². The molecule has 1 N–H and O–H groups in total. The molecule has 0 bridgehead atoms. The molecule has 0 saturated carbocycles. The summed E-state index contributed by atoms with van der Waals surface area (Å²) in [5, 5.41) is 19.1. The molecule has 3 nitrogen and oxygen atoms in total. The molecule has 0 aliphatic rings. The molecule has 0 aliphatic carbocycles. The van der Waals surface area contributed by atoms with E-state index in [2.05, 4.69) is 5.10 Å². The predicted molar refractivity (Wildman–Crippen MR) is 70.7 cm³/mol. The minimum Gasteiger partial charge on any atom is -0.388 e. The molecule has 2 rings (SSSR count). The van der Waals surface area contributed by atoms with Gasteiger partial charge in [-0.15, -0.1) is 0 Å². The van der Waals surface area contributed by atoms with Crippen LogP contribution in [0.3, 0.4) is 0 Å². The third kappa shape index (κ3) is 2.39. The van der Waals surface area contributed by atoms with E-state index in [9.17, 15) is 5.11 Å². The van der Waals surface area contributed by atoms with Crippen molar-refractivity contribution in [1.29, 1.82) is 0 Å². The first kappa shape index (κ1) is 12.6. The lowest BCUT2D eigenvalue weighted by molar-refractivity contribution is 0.175. The monoisotopic (exact) mass is 270 g/mol. The topological polar surface area (TPSA) is 38.1 Å². The Morgan fingerprint density at radius 2 is 2.18 bits per heavy atom. The highest BCUT2D eigenvalue weighted by Gasteiger charge is 2.18. The molecule has 0 aliphatic heterocycles. The Kier molecular flexibility index (Phi) is 3.56. The average Bonchev–Trinajstić information content (AvgIpc) is 2.78. The van der Waals surface area contributed by atoms with Gasteiger partial charge in [-0.2, -0.15) is 16.4 Å². The molecule has 0 saturated heterocycles. The minimum atomic E-state index is -0.520. The molecule has 2 heterocycles. The van der Waals surface area contributed by atoms with Crippen LogP contribution in [0.5, 0.6) is 0 Å². The van der Waals surface area contributed by atoms with Crippen molar-refractivity contribution in [3.63, 3.8) is 0 Å². The number of aromatic nitrogens is 2. The van der Waals surface area contributed by atoms with Crippen LogP contribution >= 0.6 is 22.9 Å². The van der Waals surface area contributed by atoms with Crippen LogP contribution in [0.4, 0.5) is 0 Å². The van der Waals surface area contributed by atoms with Gasteiger partial charge in [0.25, 0.3) is 0 Å². The van der Waals surface area contributed by atoms with Crippen LogP contribution in [-0.4, -0.2) is 14.9 Å². The zero-order valence-electron chi connectivity index (χ0n) is 10.1. The first-order chi connectivity index (χ1) is 8.00. The third-order valence-electron chi connectivity index (χ3n) is 2.90. The second-order valence-electron chi connectivity index (χ2n) is 4.20. The van der Waals surface area contributed by atoms with E-state index in [0.717, 1.165) is 22.5 Å². The van der Waals surface area contributed by atoms with Gasteiger partial charge in [-0.25, -0.2) is 0 Å². The van der Waals surface area contributed by atoms with Crippen molar-refractivity contribution in [2.45, 2.75) is 26.4 Å². The fourth-order valence-corrected chi connectivity index (χ4v) is 3.04. The first-order valence-electron chi connectivity index (χ1n) is 5.39. The Morgan fingerprint density at radius 1 is 1.47 bits per heavy atom. The Bertz CT molecular complexity index is 533. The van der Waals surface area contributed by atoms with Crippen molar-refractivity contribution in [1.82, 2.24) is 9.78 Å². The van der Waals surface area contributed by atoms with Crippen LogP contribution in [0.1, 0.15) is 28.6 Å². The summed E-state index contributed by atoms with van der Waals surface area (Å²) in [5.74, 6) is 0. The van der Waals surface area contributed by atoms with Gasteiger partial charge < -0.3 is 5.11 Å². The number of hydrogen-bond donors (Lipinski definition) is 1. The van der Waals surface area contributed by atoms with E-state index in [1.807, 2.05) is 31.7 Å². The summed E-state index contributed by atoms with van der Waals surface area (Å²) in [7, 11) is 1.85. The van der Waals surface area contributed by atoms with Crippen LogP contribution in [0.2, 0.25) is 5.02 Å². The Morgan fingerprint density at radius 3 is 2.65 bits per heavy atom. The second kappa shape index (κ2) is 4.80. The van der Waals surface area contributed by atoms with Crippen molar-refractivity contribution in [2.24, 2.45) is 7.05 Å². The molecule has 5 heteroatoms. The van der Waals surface area contributed by atoms with Gasteiger partial charge in [0, 0.05) is 13.5 Å². The molecule has 2 aromatic rings. The van der Waals surface area contributed by atoms with Gasteiger partial charge in [0.05, 0.1) is 22.5 Å². The maximum atomic E-state index is 10.2. The van der Waals surface area contributed by atoms with Gasteiger partial charge in [-0.05, 0) is 35.7 Å². The zero-order valence-corrected chi connectivity index (χ0v) is 11.6. The smallest absolute Gasteiger partial charge is 0.0856 e. The second-order valence-corrected chi connectivity index (χ2v) is 5.32. The summed E-state index contributed by atoms with van der Waals surface area (Å²) in [6.45, 7) is 3.87. The van der Waals surface area contributed by atoms with E-state index in [1.54, 1.807) is 16.0 Å².